The zero-order valence-corrected chi connectivity index (χ0v) is 11.3. The summed E-state index contributed by atoms with van der Waals surface area (Å²) in [5.41, 5.74) is 6.51. The van der Waals surface area contributed by atoms with E-state index in [-0.39, 0.29) is 10.4 Å². The van der Waals surface area contributed by atoms with Gasteiger partial charge in [-0.25, -0.2) is 13.1 Å². The highest BCUT2D eigenvalue weighted by molar-refractivity contribution is 7.89. The van der Waals surface area contributed by atoms with Crippen LogP contribution >= 0.6 is 11.6 Å². The second kappa shape index (κ2) is 3.86. The van der Waals surface area contributed by atoms with E-state index in [9.17, 15) is 8.42 Å². The van der Waals surface area contributed by atoms with E-state index in [4.69, 9.17) is 17.3 Å². The average Bonchev–Trinajstić information content (AvgIpc) is 2.90. The van der Waals surface area contributed by atoms with Gasteiger partial charge in [0, 0.05) is 16.2 Å². The second-order valence-corrected chi connectivity index (χ2v) is 6.88. The molecule has 6 heteroatoms. The number of anilines is 1. The van der Waals surface area contributed by atoms with Crippen molar-refractivity contribution in [2.45, 2.75) is 37.1 Å². The minimum Gasteiger partial charge on any atom is -0.398 e. The summed E-state index contributed by atoms with van der Waals surface area (Å²) < 4.78 is 26.8. The molecule has 0 unspecified atom stereocenters. The van der Waals surface area contributed by atoms with E-state index in [1.807, 2.05) is 6.92 Å². The Balaban J connectivity index is 2.39. The molecule has 0 amide bonds. The van der Waals surface area contributed by atoms with Crippen molar-refractivity contribution in [2.75, 3.05) is 5.73 Å². The van der Waals surface area contributed by atoms with E-state index >= 15 is 0 Å². The largest absolute Gasteiger partial charge is 0.398 e. The van der Waals surface area contributed by atoms with Gasteiger partial charge >= 0.3 is 0 Å². The van der Waals surface area contributed by atoms with Gasteiger partial charge in [0.05, 0.1) is 4.90 Å². The van der Waals surface area contributed by atoms with E-state index in [0.717, 1.165) is 12.8 Å². The number of nitrogens with two attached hydrogens (primary N) is 1. The van der Waals surface area contributed by atoms with Crippen LogP contribution in [-0.4, -0.2) is 14.0 Å². The summed E-state index contributed by atoms with van der Waals surface area (Å²) in [4.78, 5) is 0.124. The first-order chi connectivity index (χ1) is 7.73. The highest BCUT2D eigenvalue weighted by Gasteiger charge is 2.41. The number of halogens is 1. The average molecular weight is 275 g/mol. The third kappa shape index (κ3) is 2.56. The predicted molar refractivity (Wildman–Crippen MR) is 68.6 cm³/mol. The van der Waals surface area contributed by atoms with E-state index in [2.05, 4.69) is 4.72 Å². The van der Waals surface area contributed by atoms with Crippen LogP contribution in [0.25, 0.3) is 0 Å². The lowest BCUT2D eigenvalue weighted by atomic mass is 10.2. The number of nitrogens with one attached hydrogen (secondary N) is 1. The Hall–Kier alpha value is -0.780. The fraction of sp³-hybridized carbons (Fsp3) is 0.455. The lowest BCUT2D eigenvalue weighted by Gasteiger charge is -2.13. The number of benzene rings is 1. The van der Waals surface area contributed by atoms with Gasteiger partial charge in [-0.1, -0.05) is 11.6 Å². The molecule has 0 heterocycles. The van der Waals surface area contributed by atoms with Gasteiger partial charge in [0.1, 0.15) is 0 Å². The third-order valence-electron chi connectivity index (χ3n) is 3.05. The molecule has 1 saturated carbocycles. The predicted octanol–water partition coefficient (Wildman–Crippen LogP) is 2.06. The maximum Gasteiger partial charge on any atom is 0.241 e. The molecule has 1 fully saturated rings. The van der Waals surface area contributed by atoms with Crippen molar-refractivity contribution in [3.63, 3.8) is 0 Å². The minimum atomic E-state index is -3.53. The number of sulfonamides is 1. The molecule has 94 valence electrons. The molecule has 17 heavy (non-hydrogen) atoms. The van der Waals surface area contributed by atoms with Crippen molar-refractivity contribution in [1.29, 1.82) is 0 Å². The molecule has 1 aromatic carbocycles. The molecule has 0 spiro atoms. The highest BCUT2D eigenvalue weighted by Crippen LogP contribution is 2.36. The van der Waals surface area contributed by atoms with Gasteiger partial charge < -0.3 is 5.73 Å². The van der Waals surface area contributed by atoms with Gasteiger partial charge in [0.25, 0.3) is 0 Å². The van der Waals surface area contributed by atoms with Crippen molar-refractivity contribution in [2.24, 2.45) is 0 Å². The van der Waals surface area contributed by atoms with Crippen LogP contribution in [0.15, 0.2) is 17.0 Å². The fourth-order valence-electron chi connectivity index (χ4n) is 1.50. The third-order valence-corrected chi connectivity index (χ3v) is 5.06. The molecule has 0 bridgehead atoms. The lowest BCUT2D eigenvalue weighted by molar-refractivity contribution is 0.558. The Labute approximate surface area is 106 Å². The monoisotopic (exact) mass is 274 g/mol. The minimum absolute atomic E-state index is 0.124. The van der Waals surface area contributed by atoms with Crippen LogP contribution in [0.5, 0.6) is 0 Å². The fourth-order valence-corrected chi connectivity index (χ4v) is 3.32. The van der Waals surface area contributed by atoms with Gasteiger partial charge in [0.15, 0.2) is 0 Å². The van der Waals surface area contributed by atoms with E-state index < -0.39 is 10.0 Å². The summed E-state index contributed by atoms with van der Waals surface area (Å²) in [6.45, 7) is 3.63. The molecule has 1 aromatic rings. The Morgan fingerprint density at radius 2 is 2.00 bits per heavy atom. The van der Waals surface area contributed by atoms with Gasteiger partial charge in [-0.15, -0.1) is 0 Å². The van der Waals surface area contributed by atoms with E-state index in [0.29, 0.717) is 16.3 Å². The first-order valence-corrected chi connectivity index (χ1v) is 7.19. The van der Waals surface area contributed by atoms with Gasteiger partial charge in [-0.3, -0.25) is 0 Å². The SMILES string of the molecule is Cc1c(N)cc(S(=O)(=O)NC2(C)CC2)cc1Cl. The Kier molecular flexibility index (Phi) is 2.88. The summed E-state index contributed by atoms with van der Waals surface area (Å²) in [5, 5.41) is 0.367. The normalized spacial score (nSPS) is 18.1. The van der Waals surface area contributed by atoms with Gasteiger partial charge in [0.2, 0.25) is 10.0 Å². The smallest absolute Gasteiger partial charge is 0.241 e. The number of hydrogen-bond donors (Lipinski definition) is 2. The second-order valence-electron chi connectivity index (χ2n) is 4.79. The summed E-state index contributed by atoms with van der Waals surface area (Å²) in [7, 11) is -3.53. The van der Waals surface area contributed by atoms with Crippen LogP contribution in [0.3, 0.4) is 0 Å². The molecule has 0 atom stereocenters. The van der Waals surface area contributed by atoms with Crippen LogP contribution < -0.4 is 10.5 Å². The number of rotatable bonds is 3. The van der Waals surface area contributed by atoms with E-state index in [1.165, 1.54) is 12.1 Å². The molecule has 2 rings (SSSR count). The summed E-state index contributed by atoms with van der Waals surface area (Å²) in [6.07, 6.45) is 1.72. The van der Waals surface area contributed by atoms with Crippen molar-refractivity contribution in [1.82, 2.24) is 4.72 Å². The Bertz CT molecular complexity index is 542. The first kappa shape index (κ1) is 12.7. The van der Waals surface area contributed by atoms with Crippen molar-refractivity contribution in [3.8, 4) is 0 Å². The van der Waals surface area contributed by atoms with Crippen molar-refractivity contribution < 1.29 is 8.42 Å². The van der Waals surface area contributed by atoms with Gasteiger partial charge in [-0.2, -0.15) is 0 Å². The Morgan fingerprint density at radius 1 is 1.41 bits per heavy atom. The number of nitrogen functional groups attached to an aromatic ring is 1. The molecule has 3 N–H and O–H groups in total. The molecule has 1 aliphatic carbocycles. The summed E-state index contributed by atoms with van der Waals surface area (Å²) in [5.74, 6) is 0. The maximum atomic E-state index is 12.1. The molecular weight excluding hydrogens is 260 g/mol. The molecule has 0 saturated heterocycles. The zero-order chi connectivity index (χ0) is 12.8. The standard InChI is InChI=1S/C11H15ClN2O2S/c1-7-9(12)5-8(6-10(7)13)17(15,16)14-11(2)3-4-11/h5-6,14H,3-4,13H2,1-2H3. The molecule has 4 nitrogen and oxygen atoms in total. The highest BCUT2D eigenvalue weighted by atomic mass is 35.5. The molecule has 0 radical (unpaired) electrons. The lowest BCUT2D eigenvalue weighted by Crippen LogP contribution is -2.34. The Morgan fingerprint density at radius 3 is 2.47 bits per heavy atom. The quantitative estimate of drug-likeness (QED) is 0.829. The zero-order valence-electron chi connectivity index (χ0n) is 9.75. The van der Waals surface area contributed by atoms with Gasteiger partial charge in [-0.05, 0) is 44.4 Å². The summed E-state index contributed by atoms with van der Waals surface area (Å²) in [6, 6.07) is 2.87. The summed E-state index contributed by atoms with van der Waals surface area (Å²) >= 11 is 5.94. The van der Waals surface area contributed by atoms with Crippen LogP contribution in [0, 0.1) is 6.92 Å². The maximum absolute atomic E-state index is 12.1. The first-order valence-electron chi connectivity index (χ1n) is 5.33. The number of hydrogen-bond acceptors (Lipinski definition) is 3. The van der Waals surface area contributed by atoms with E-state index in [1.54, 1.807) is 6.92 Å². The van der Waals surface area contributed by atoms with Crippen molar-refractivity contribution >= 4 is 27.3 Å². The molecule has 0 aliphatic heterocycles. The molecule has 0 aromatic heterocycles. The van der Waals surface area contributed by atoms with Crippen LogP contribution in [-0.2, 0) is 10.0 Å². The topological polar surface area (TPSA) is 72.2 Å². The van der Waals surface area contributed by atoms with Crippen LogP contribution in [0.2, 0.25) is 5.02 Å². The van der Waals surface area contributed by atoms with Crippen molar-refractivity contribution in [3.05, 3.63) is 22.7 Å². The van der Waals surface area contributed by atoms with Crippen LogP contribution in [0.1, 0.15) is 25.3 Å². The van der Waals surface area contributed by atoms with Crippen LogP contribution in [0.4, 0.5) is 5.69 Å². The molecular formula is C11H15ClN2O2S. The molecule has 1 aliphatic rings.